The van der Waals surface area contributed by atoms with Gasteiger partial charge in [0.25, 0.3) is 0 Å². The molecule has 7 nitrogen and oxygen atoms in total. The van der Waals surface area contributed by atoms with Crippen LogP contribution < -0.4 is 9.80 Å². The summed E-state index contributed by atoms with van der Waals surface area (Å²) < 4.78 is 86.9. The Hall–Kier alpha value is -3.48. The first kappa shape index (κ1) is 31.5. The van der Waals surface area contributed by atoms with E-state index in [0.717, 1.165) is 5.69 Å². The fraction of sp³-hybridized carbons (Fsp3) is 0.517. The van der Waals surface area contributed by atoms with Crippen LogP contribution in [-0.4, -0.2) is 54.4 Å². The normalized spacial score (nSPS) is 19.9. The largest absolute Gasteiger partial charge is 0.465 e. The van der Waals surface area contributed by atoms with Gasteiger partial charge in [-0.15, -0.1) is 0 Å². The van der Waals surface area contributed by atoms with Crippen LogP contribution >= 0.6 is 0 Å². The van der Waals surface area contributed by atoms with Gasteiger partial charge in [-0.2, -0.15) is 26.3 Å². The molecule has 4 rings (SSSR count). The van der Waals surface area contributed by atoms with Crippen LogP contribution in [0.2, 0.25) is 0 Å². The molecule has 2 atom stereocenters. The Morgan fingerprint density at radius 2 is 1.57 bits per heavy atom. The molecule has 0 spiro atoms. The van der Waals surface area contributed by atoms with E-state index in [9.17, 15) is 41.0 Å². The maximum atomic E-state index is 13.6. The van der Waals surface area contributed by atoms with Gasteiger partial charge in [0, 0.05) is 43.9 Å². The summed E-state index contributed by atoms with van der Waals surface area (Å²) in [4.78, 5) is 30.1. The van der Waals surface area contributed by atoms with Crippen LogP contribution in [0.1, 0.15) is 61.9 Å². The first-order valence-corrected chi connectivity index (χ1v) is 13.6. The molecule has 2 amide bonds. The first-order valence-electron chi connectivity index (χ1n) is 13.6. The van der Waals surface area contributed by atoms with Crippen molar-refractivity contribution in [3.8, 4) is 0 Å². The van der Waals surface area contributed by atoms with Crippen LogP contribution in [0.4, 0.5) is 42.5 Å². The van der Waals surface area contributed by atoms with Gasteiger partial charge in [-0.05, 0) is 60.7 Å². The Morgan fingerprint density at radius 1 is 0.976 bits per heavy atom. The lowest BCUT2D eigenvalue weighted by Crippen LogP contribution is -2.42. The highest BCUT2D eigenvalue weighted by atomic mass is 19.4. The van der Waals surface area contributed by atoms with Crippen molar-refractivity contribution < 1.29 is 45.8 Å². The molecular weight excluding hydrogens is 568 g/mol. The number of ether oxygens (including phenoxy) is 1. The molecule has 2 aliphatic rings. The number of hydrogen-bond donors (Lipinski definition) is 1. The smallest absolute Gasteiger partial charge is 0.416 e. The van der Waals surface area contributed by atoms with Crippen molar-refractivity contribution in [2.75, 3.05) is 36.1 Å². The van der Waals surface area contributed by atoms with Crippen molar-refractivity contribution in [2.24, 2.45) is 5.92 Å². The molecule has 2 aromatic carbocycles. The Labute approximate surface area is 239 Å². The number of anilines is 2. The number of fused-ring (bicyclic) bond motifs is 1. The summed E-state index contributed by atoms with van der Waals surface area (Å²) >= 11 is 0. The van der Waals surface area contributed by atoms with E-state index in [1.807, 2.05) is 18.7 Å². The second-order valence-electron chi connectivity index (χ2n) is 11.0. The topological polar surface area (TPSA) is 73.3 Å². The first-order chi connectivity index (χ1) is 19.6. The van der Waals surface area contributed by atoms with E-state index in [4.69, 9.17) is 4.74 Å². The van der Waals surface area contributed by atoms with Gasteiger partial charge in [0.05, 0.1) is 36.1 Å². The minimum absolute atomic E-state index is 0.0507. The van der Waals surface area contributed by atoms with Gasteiger partial charge in [0.15, 0.2) is 0 Å². The number of hydrogen-bond acceptors (Lipinski definition) is 4. The van der Waals surface area contributed by atoms with Crippen molar-refractivity contribution in [3.05, 3.63) is 58.7 Å². The lowest BCUT2D eigenvalue weighted by Gasteiger charge is -2.35. The molecule has 1 saturated heterocycles. The van der Waals surface area contributed by atoms with Gasteiger partial charge >= 0.3 is 18.4 Å². The average molecular weight is 602 g/mol. The Bertz CT molecular complexity index is 1280. The van der Waals surface area contributed by atoms with Crippen molar-refractivity contribution in [1.29, 1.82) is 0 Å². The summed E-state index contributed by atoms with van der Waals surface area (Å²) in [7, 11) is 0. The molecular formula is C29H33F6N3O4. The van der Waals surface area contributed by atoms with E-state index in [-0.39, 0.29) is 24.0 Å². The molecule has 0 aliphatic carbocycles. The molecule has 0 radical (unpaired) electrons. The summed E-state index contributed by atoms with van der Waals surface area (Å²) in [6.07, 6.45) is -10.7. The third-order valence-corrected chi connectivity index (χ3v) is 7.83. The molecule has 13 heteroatoms. The van der Waals surface area contributed by atoms with E-state index >= 15 is 0 Å². The molecule has 0 bridgehead atoms. The number of amides is 2. The van der Waals surface area contributed by atoms with Crippen LogP contribution in [0.15, 0.2) is 36.4 Å². The fourth-order valence-corrected chi connectivity index (χ4v) is 5.79. The Morgan fingerprint density at radius 3 is 2.07 bits per heavy atom. The zero-order valence-electron chi connectivity index (χ0n) is 23.4. The van der Waals surface area contributed by atoms with E-state index in [0.29, 0.717) is 56.1 Å². The number of benzene rings is 2. The van der Waals surface area contributed by atoms with Gasteiger partial charge in [0.1, 0.15) is 0 Å². The van der Waals surface area contributed by atoms with Crippen molar-refractivity contribution in [2.45, 2.75) is 64.6 Å². The zero-order valence-corrected chi connectivity index (χ0v) is 23.4. The van der Waals surface area contributed by atoms with Crippen molar-refractivity contribution in [1.82, 2.24) is 4.90 Å². The molecule has 1 N–H and O–H groups in total. The van der Waals surface area contributed by atoms with E-state index in [1.54, 1.807) is 18.2 Å². The summed E-state index contributed by atoms with van der Waals surface area (Å²) in [6.45, 7) is 6.50. The molecule has 2 aliphatic heterocycles. The monoisotopic (exact) mass is 601 g/mol. The number of carboxylic acid groups (broad SMARTS) is 1. The molecule has 0 aromatic heterocycles. The maximum Gasteiger partial charge on any atom is 0.416 e. The number of carbonyl (C=O) groups excluding carboxylic acids is 1. The number of rotatable bonds is 5. The van der Waals surface area contributed by atoms with Crippen LogP contribution in [0.25, 0.3) is 0 Å². The molecule has 0 saturated carbocycles. The number of morpholine rings is 1. The third kappa shape index (κ3) is 6.77. The van der Waals surface area contributed by atoms with Crippen molar-refractivity contribution in [3.63, 3.8) is 0 Å². The van der Waals surface area contributed by atoms with E-state index in [2.05, 4.69) is 0 Å². The van der Waals surface area contributed by atoms with E-state index < -0.39 is 54.1 Å². The predicted molar refractivity (Wildman–Crippen MR) is 143 cm³/mol. The second kappa shape index (κ2) is 12.0. The summed E-state index contributed by atoms with van der Waals surface area (Å²) in [5.41, 5.74) is -1.74. The number of carbonyl (C=O) groups is 2. The van der Waals surface area contributed by atoms with Crippen LogP contribution in [0.5, 0.6) is 0 Å². The minimum atomic E-state index is -5.04. The highest BCUT2D eigenvalue weighted by molar-refractivity contribution is 5.89. The standard InChI is InChI=1S/C29H33F6N3O4/c1-17(2)24-6-7-25(23-15-22(36-8-10-42-11-9-36)4-5-26(23)38(24)27(40)41)37(18(3)39)16-19-12-20(28(30,31)32)14-21(13-19)29(33,34)35/h4-5,12-15,17,24-25H,6-11,16H2,1-3H3,(H,40,41). The number of alkyl halides is 6. The van der Waals surface area contributed by atoms with Crippen LogP contribution in [-0.2, 0) is 28.4 Å². The lowest BCUT2D eigenvalue weighted by molar-refractivity contribution is -0.143. The fourth-order valence-electron chi connectivity index (χ4n) is 5.79. The van der Waals surface area contributed by atoms with Crippen molar-refractivity contribution >= 4 is 23.4 Å². The van der Waals surface area contributed by atoms with E-state index in [1.165, 1.54) is 16.7 Å². The van der Waals surface area contributed by atoms with Gasteiger partial charge in [-0.3, -0.25) is 9.69 Å². The highest BCUT2D eigenvalue weighted by Crippen LogP contribution is 2.44. The molecule has 1 fully saturated rings. The zero-order chi connectivity index (χ0) is 31.0. The molecule has 2 unspecified atom stereocenters. The van der Waals surface area contributed by atoms with Crippen LogP contribution in [0, 0.1) is 5.92 Å². The quantitative estimate of drug-likeness (QED) is 0.376. The van der Waals surface area contributed by atoms with Gasteiger partial charge in [-0.1, -0.05) is 13.8 Å². The Balaban J connectivity index is 1.85. The molecule has 2 heterocycles. The summed E-state index contributed by atoms with van der Waals surface area (Å²) in [5.74, 6) is -0.686. The molecule has 230 valence electrons. The lowest BCUT2D eigenvalue weighted by atomic mass is 9.94. The summed E-state index contributed by atoms with van der Waals surface area (Å²) in [6, 6.07) is 5.21. The van der Waals surface area contributed by atoms with Gasteiger partial charge in [-0.25, -0.2) is 4.79 Å². The third-order valence-electron chi connectivity index (χ3n) is 7.83. The summed E-state index contributed by atoms with van der Waals surface area (Å²) in [5, 5.41) is 10.2. The molecule has 42 heavy (non-hydrogen) atoms. The van der Waals surface area contributed by atoms with Gasteiger partial charge < -0.3 is 19.6 Å². The predicted octanol–water partition coefficient (Wildman–Crippen LogP) is 6.95. The maximum absolute atomic E-state index is 13.6. The Kier molecular flexibility index (Phi) is 9.00. The van der Waals surface area contributed by atoms with Crippen LogP contribution in [0.3, 0.4) is 0 Å². The van der Waals surface area contributed by atoms with Gasteiger partial charge in [0.2, 0.25) is 5.91 Å². The number of halogens is 6. The average Bonchev–Trinajstić information content (AvgIpc) is 3.08. The molecule has 2 aromatic rings. The number of nitrogens with zero attached hydrogens (tertiary/aromatic N) is 3. The highest BCUT2D eigenvalue weighted by Gasteiger charge is 2.40. The minimum Gasteiger partial charge on any atom is -0.465 e. The second-order valence-corrected chi connectivity index (χ2v) is 11.0. The SMILES string of the molecule is CC(=O)N(Cc1cc(C(F)(F)F)cc(C(F)(F)F)c1)C1CCC(C(C)C)N(C(=O)O)c2ccc(N3CCOCC3)cc21.